The standard InChI is InChI=1S/C33H40N6O/c1-33(2,3)40-32-10-6-9-27(37-32)24-15-17-35-31(19-24)39-21-25-7-4-5-8-28(25)36-29-22-38(18-16-30(29)39)26-13-11-23(20-34)12-14-26/h6,9-15,17,19,25,28-30,36H,4-5,7-8,16,18,21-22H2,1-3H3. The summed E-state index contributed by atoms with van der Waals surface area (Å²) in [6.45, 7) is 9.09. The van der Waals surface area contributed by atoms with Gasteiger partial charge in [0.1, 0.15) is 11.4 Å². The molecule has 0 amide bonds. The highest BCUT2D eigenvalue weighted by Gasteiger charge is 2.41. The first-order valence-corrected chi connectivity index (χ1v) is 14.8. The van der Waals surface area contributed by atoms with Crippen molar-refractivity contribution in [3.63, 3.8) is 0 Å². The number of fused-ring (bicyclic) bond motifs is 2. The first kappa shape index (κ1) is 26.6. The summed E-state index contributed by atoms with van der Waals surface area (Å²) in [6, 6.07) is 21.8. The Morgan fingerprint density at radius 2 is 1.80 bits per heavy atom. The summed E-state index contributed by atoms with van der Waals surface area (Å²) in [6.07, 6.45) is 8.10. The number of piperidine rings is 1. The minimum Gasteiger partial charge on any atom is -0.472 e. The number of nitrogens with one attached hydrogen (secondary N) is 1. The fourth-order valence-electron chi connectivity index (χ4n) is 6.71. The third-order valence-corrected chi connectivity index (χ3v) is 8.58. The molecular formula is C33H40N6O. The molecule has 7 nitrogen and oxygen atoms in total. The maximum Gasteiger partial charge on any atom is 0.214 e. The first-order valence-electron chi connectivity index (χ1n) is 14.8. The second-order valence-corrected chi connectivity index (χ2v) is 12.5. The Morgan fingerprint density at radius 3 is 2.60 bits per heavy atom. The summed E-state index contributed by atoms with van der Waals surface area (Å²) < 4.78 is 6.05. The number of benzene rings is 1. The van der Waals surface area contributed by atoms with Crippen molar-refractivity contribution in [2.45, 2.75) is 76.6 Å². The van der Waals surface area contributed by atoms with Crippen LogP contribution in [0.15, 0.2) is 60.8 Å². The molecule has 208 valence electrons. The number of anilines is 2. The minimum absolute atomic E-state index is 0.299. The van der Waals surface area contributed by atoms with Crippen LogP contribution >= 0.6 is 0 Å². The highest BCUT2D eigenvalue weighted by atomic mass is 16.5. The zero-order chi connectivity index (χ0) is 27.7. The molecule has 4 heterocycles. The zero-order valence-electron chi connectivity index (χ0n) is 23.9. The molecule has 0 spiro atoms. The number of nitriles is 1. The van der Waals surface area contributed by atoms with Crippen LogP contribution in [0.1, 0.15) is 58.4 Å². The largest absolute Gasteiger partial charge is 0.472 e. The number of hydrogen-bond donors (Lipinski definition) is 1. The maximum atomic E-state index is 9.23. The van der Waals surface area contributed by atoms with Gasteiger partial charge in [-0.3, -0.25) is 0 Å². The van der Waals surface area contributed by atoms with E-state index in [9.17, 15) is 5.26 Å². The molecule has 2 aliphatic heterocycles. The number of rotatable bonds is 4. The molecule has 6 rings (SSSR count). The molecule has 1 N–H and O–H groups in total. The van der Waals surface area contributed by atoms with Crippen molar-refractivity contribution in [3.05, 3.63) is 66.4 Å². The van der Waals surface area contributed by atoms with E-state index in [-0.39, 0.29) is 5.60 Å². The Hall–Kier alpha value is -3.63. The summed E-state index contributed by atoms with van der Waals surface area (Å²) in [7, 11) is 0. The van der Waals surface area contributed by atoms with Gasteiger partial charge < -0.3 is 19.9 Å². The van der Waals surface area contributed by atoms with Crippen molar-refractivity contribution in [2.24, 2.45) is 5.92 Å². The number of nitrogens with zero attached hydrogens (tertiary/aromatic N) is 5. The van der Waals surface area contributed by atoms with Gasteiger partial charge in [0.15, 0.2) is 0 Å². The van der Waals surface area contributed by atoms with E-state index in [0.29, 0.717) is 35.5 Å². The van der Waals surface area contributed by atoms with Gasteiger partial charge in [-0.05, 0) is 88.4 Å². The van der Waals surface area contributed by atoms with Gasteiger partial charge in [0, 0.05) is 61.3 Å². The van der Waals surface area contributed by atoms with Crippen molar-refractivity contribution >= 4 is 11.5 Å². The van der Waals surface area contributed by atoms with Crippen LogP contribution < -0.4 is 19.9 Å². The normalized spacial score (nSPS) is 24.9. The highest BCUT2D eigenvalue weighted by Crippen LogP contribution is 2.36. The van der Waals surface area contributed by atoms with E-state index in [0.717, 1.165) is 43.1 Å². The molecule has 40 heavy (non-hydrogen) atoms. The summed E-state index contributed by atoms with van der Waals surface area (Å²) in [5, 5.41) is 13.4. The van der Waals surface area contributed by atoms with Crippen LogP contribution in [0.25, 0.3) is 11.3 Å². The monoisotopic (exact) mass is 536 g/mol. The first-order chi connectivity index (χ1) is 19.4. The maximum absolute atomic E-state index is 9.23. The summed E-state index contributed by atoms with van der Waals surface area (Å²) in [4.78, 5) is 14.8. The SMILES string of the molecule is CC(C)(C)Oc1cccc(-c2ccnc(N3CC4CCCCC4NC4CN(c5ccc(C#N)cc5)CCC43)c2)n1. The van der Waals surface area contributed by atoms with Crippen LogP contribution in [0.2, 0.25) is 0 Å². The fraction of sp³-hybridized carbons (Fsp3) is 0.485. The van der Waals surface area contributed by atoms with E-state index in [2.05, 4.69) is 51.5 Å². The lowest BCUT2D eigenvalue weighted by molar-refractivity contribution is 0.124. The molecule has 1 saturated carbocycles. The molecule has 3 fully saturated rings. The van der Waals surface area contributed by atoms with Crippen LogP contribution in [0.5, 0.6) is 5.88 Å². The molecular weight excluding hydrogens is 496 g/mol. The predicted molar refractivity (Wildman–Crippen MR) is 160 cm³/mol. The summed E-state index contributed by atoms with van der Waals surface area (Å²) in [5.74, 6) is 2.30. The molecule has 4 atom stereocenters. The number of hydrogen-bond acceptors (Lipinski definition) is 7. The van der Waals surface area contributed by atoms with Gasteiger partial charge in [0.25, 0.3) is 0 Å². The molecule has 1 aliphatic carbocycles. The van der Waals surface area contributed by atoms with Crippen molar-refractivity contribution in [1.29, 1.82) is 5.26 Å². The molecule has 2 aromatic heterocycles. The molecule has 3 aromatic rings. The predicted octanol–water partition coefficient (Wildman–Crippen LogP) is 5.81. The van der Waals surface area contributed by atoms with Gasteiger partial charge in [0.05, 0.1) is 17.3 Å². The van der Waals surface area contributed by atoms with Gasteiger partial charge in [0.2, 0.25) is 5.88 Å². The Kier molecular flexibility index (Phi) is 7.37. The average molecular weight is 537 g/mol. The average Bonchev–Trinajstić information content (AvgIpc) is 3.13. The third kappa shape index (κ3) is 5.78. The van der Waals surface area contributed by atoms with Gasteiger partial charge in [-0.25, -0.2) is 9.97 Å². The van der Waals surface area contributed by atoms with Gasteiger partial charge in [-0.15, -0.1) is 0 Å². The smallest absolute Gasteiger partial charge is 0.214 e. The van der Waals surface area contributed by atoms with E-state index >= 15 is 0 Å². The highest BCUT2D eigenvalue weighted by molar-refractivity contribution is 5.64. The lowest BCUT2D eigenvalue weighted by Crippen LogP contribution is -2.59. The van der Waals surface area contributed by atoms with Gasteiger partial charge >= 0.3 is 0 Å². The molecule has 7 heteroatoms. The molecule has 4 unspecified atom stereocenters. The molecule has 0 radical (unpaired) electrons. The molecule has 2 saturated heterocycles. The van der Waals surface area contributed by atoms with E-state index in [1.54, 1.807) is 0 Å². The second-order valence-electron chi connectivity index (χ2n) is 12.5. The summed E-state index contributed by atoms with van der Waals surface area (Å²) in [5.41, 5.74) is 3.57. The van der Waals surface area contributed by atoms with Crippen LogP contribution in [-0.2, 0) is 0 Å². The van der Waals surface area contributed by atoms with Crippen molar-refractivity contribution in [1.82, 2.24) is 15.3 Å². The molecule has 1 aromatic carbocycles. The zero-order valence-corrected chi connectivity index (χ0v) is 23.9. The lowest BCUT2D eigenvalue weighted by Gasteiger charge is -2.44. The van der Waals surface area contributed by atoms with Crippen molar-refractivity contribution in [3.8, 4) is 23.2 Å². The Balaban J connectivity index is 1.29. The summed E-state index contributed by atoms with van der Waals surface area (Å²) >= 11 is 0. The number of ether oxygens (including phenoxy) is 1. The van der Waals surface area contributed by atoms with E-state index in [4.69, 9.17) is 14.7 Å². The van der Waals surface area contributed by atoms with Crippen molar-refractivity contribution < 1.29 is 4.74 Å². The minimum atomic E-state index is -0.299. The van der Waals surface area contributed by atoms with Crippen LogP contribution in [0, 0.1) is 17.2 Å². The topological polar surface area (TPSA) is 77.3 Å². The van der Waals surface area contributed by atoms with Crippen LogP contribution in [-0.4, -0.2) is 53.3 Å². The Labute approximate surface area is 238 Å². The van der Waals surface area contributed by atoms with Crippen molar-refractivity contribution in [2.75, 3.05) is 29.4 Å². The van der Waals surface area contributed by atoms with Gasteiger partial charge in [-0.1, -0.05) is 18.9 Å². The fourth-order valence-corrected chi connectivity index (χ4v) is 6.71. The third-order valence-electron chi connectivity index (χ3n) is 8.58. The Bertz CT molecular complexity index is 1360. The lowest BCUT2D eigenvalue weighted by atomic mass is 9.84. The van der Waals surface area contributed by atoms with E-state index in [1.807, 2.05) is 51.2 Å². The Morgan fingerprint density at radius 1 is 0.975 bits per heavy atom. The van der Waals surface area contributed by atoms with Crippen LogP contribution in [0.4, 0.5) is 11.5 Å². The second kappa shape index (κ2) is 11.1. The van der Waals surface area contributed by atoms with E-state index < -0.39 is 0 Å². The number of pyridine rings is 2. The number of aromatic nitrogens is 2. The quantitative estimate of drug-likeness (QED) is 0.451. The molecule has 3 aliphatic rings. The molecule has 0 bridgehead atoms. The van der Waals surface area contributed by atoms with Crippen LogP contribution in [0.3, 0.4) is 0 Å². The van der Waals surface area contributed by atoms with Gasteiger partial charge in [-0.2, -0.15) is 5.26 Å². The van der Waals surface area contributed by atoms with E-state index in [1.165, 1.54) is 31.4 Å².